The molecule has 0 aliphatic heterocycles. The molecule has 94 valence electrons. The van der Waals surface area contributed by atoms with E-state index in [1.165, 1.54) is 0 Å². The topological polar surface area (TPSA) is 88.2 Å². The minimum Gasteiger partial charge on any atom is -0.396 e. The van der Waals surface area contributed by atoms with E-state index in [9.17, 15) is 4.79 Å². The second-order valence-electron chi connectivity index (χ2n) is 4.79. The Kier molecular flexibility index (Phi) is 4.45. The summed E-state index contributed by atoms with van der Waals surface area (Å²) in [6, 6.07) is 3.40. The molecule has 0 spiro atoms. The Morgan fingerprint density at radius 2 is 2.29 bits per heavy atom. The van der Waals surface area contributed by atoms with Gasteiger partial charge in [-0.1, -0.05) is 13.8 Å². The van der Waals surface area contributed by atoms with Crippen molar-refractivity contribution in [1.29, 1.82) is 0 Å². The lowest BCUT2D eigenvalue weighted by atomic mass is 9.90. The van der Waals surface area contributed by atoms with Crippen LogP contribution >= 0.6 is 0 Å². The van der Waals surface area contributed by atoms with Gasteiger partial charge in [-0.3, -0.25) is 9.78 Å². The van der Waals surface area contributed by atoms with Crippen LogP contribution in [0.5, 0.6) is 0 Å². The minimum absolute atomic E-state index is 0.00902. The van der Waals surface area contributed by atoms with E-state index in [0.29, 0.717) is 13.0 Å². The zero-order valence-electron chi connectivity index (χ0n) is 10.2. The third-order valence-corrected chi connectivity index (χ3v) is 2.57. The summed E-state index contributed by atoms with van der Waals surface area (Å²) in [6.45, 7) is 4.99. The first-order chi connectivity index (χ1) is 7.94. The molecule has 1 amide bonds. The van der Waals surface area contributed by atoms with Crippen LogP contribution in [0.3, 0.4) is 0 Å². The van der Waals surface area contributed by atoms with Crippen molar-refractivity contribution in [3.05, 3.63) is 24.0 Å². The van der Waals surface area contributed by atoms with Crippen molar-refractivity contribution in [2.24, 2.45) is 11.1 Å². The van der Waals surface area contributed by atoms with Crippen LogP contribution in [-0.4, -0.2) is 29.1 Å². The summed E-state index contributed by atoms with van der Waals surface area (Å²) < 4.78 is 0. The number of rotatable bonds is 6. The SMILES string of the molecule is CC(C)(CCO)CNc1ccnc(C(N)=O)c1. The first-order valence-corrected chi connectivity index (χ1v) is 5.55. The number of carbonyl (C=O) groups excluding carboxylic acids is 1. The van der Waals surface area contributed by atoms with Crippen molar-refractivity contribution in [1.82, 2.24) is 4.98 Å². The van der Waals surface area contributed by atoms with Gasteiger partial charge in [-0.15, -0.1) is 0 Å². The maximum atomic E-state index is 11.0. The summed E-state index contributed by atoms with van der Waals surface area (Å²) >= 11 is 0. The molecule has 0 radical (unpaired) electrons. The number of hydrogen-bond acceptors (Lipinski definition) is 4. The smallest absolute Gasteiger partial charge is 0.267 e. The third kappa shape index (κ3) is 4.40. The van der Waals surface area contributed by atoms with Gasteiger partial charge in [0.25, 0.3) is 5.91 Å². The normalized spacial score (nSPS) is 11.2. The zero-order chi connectivity index (χ0) is 12.9. The predicted octanol–water partition coefficient (Wildman–Crippen LogP) is 1.00. The first-order valence-electron chi connectivity index (χ1n) is 5.55. The Hall–Kier alpha value is -1.62. The number of nitrogens with zero attached hydrogens (tertiary/aromatic N) is 1. The molecule has 5 nitrogen and oxygen atoms in total. The van der Waals surface area contributed by atoms with Crippen LogP contribution in [0.4, 0.5) is 5.69 Å². The molecule has 0 atom stereocenters. The Morgan fingerprint density at radius 1 is 1.59 bits per heavy atom. The number of hydrogen-bond donors (Lipinski definition) is 3. The Labute approximate surface area is 101 Å². The van der Waals surface area contributed by atoms with Gasteiger partial charge in [-0.25, -0.2) is 0 Å². The molecular weight excluding hydrogens is 218 g/mol. The minimum atomic E-state index is -0.539. The van der Waals surface area contributed by atoms with Gasteiger partial charge in [-0.05, 0) is 24.0 Å². The Morgan fingerprint density at radius 3 is 2.88 bits per heavy atom. The summed E-state index contributed by atoms with van der Waals surface area (Å²) in [7, 11) is 0. The fourth-order valence-electron chi connectivity index (χ4n) is 1.41. The molecule has 1 aromatic rings. The highest BCUT2D eigenvalue weighted by Crippen LogP contribution is 2.20. The van der Waals surface area contributed by atoms with E-state index in [4.69, 9.17) is 10.8 Å². The molecule has 0 unspecified atom stereocenters. The van der Waals surface area contributed by atoms with Crippen molar-refractivity contribution < 1.29 is 9.90 Å². The van der Waals surface area contributed by atoms with Crippen LogP contribution in [0.1, 0.15) is 30.8 Å². The van der Waals surface area contributed by atoms with Crippen LogP contribution in [0, 0.1) is 5.41 Å². The number of pyridine rings is 1. The average molecular weight is 237 g/mol. The standard InChI is InChI=1S/C12H19N3O2/c1-12(2,4-6-16)8-15-9-3-5-14-10(7-9)11(13)17/h3,5,7,16H,4,6,8H2,1-2H3,(H2,13,17)(H,14,15). The first kappa shape index (κ1) is 13.4. The molecule has 5 heteroatoms. The van der Waals surface area contributed by atoms with Crippen LogP contribution in [0.2, 0.25) is 0 Å². The molecule has 0 aliphatic rings. The average Bonchev–Trinajstić information content (AvgIpc) is 2.27. The van der Waals surface area contributed by atoms with Gasteiger partial charge in [0.05, 0.1) is 0 Å². The van der Waals surface area contributed by atoms with E-state index in [1.807, 2.05) is 0 Å². The Bertz CT molecular complexity index is 391. The second kappa shape index (κ2) is 5.63. The number of primary amides is 1. The number of anilines is 1. The molecule has 1 aromatic heterocycles. The van der Waals surface area contributed by atoms with Gasteiger partial charge in [-0.2, -0.15) is 0 Å². The fourth-order valence-corrected chi connectivity index (χ4v) is 1.41. The second-order valence-corrected chi connectivity index (χ2v) is 4.79. The van der Waals surface area contributed by atoms with Gasteiger partial charge in [0, 0.05) is 25.0 Å². The van der Waals surface area contributed by atoms with Crippen LogP contribution in [0.15, 0.2) is 18.3 Å². The van der Waals surface area contributed by atoms with E-state index in [-0.39, 0.29) is 17.7 Å². The summed E-state index contributed by atoms with van der Waals surface area (Å²) in [5, 5.41) is 12.1. The quantitative estimate of drug-likeness (QED) is 0.688. The van der Waals surface area contributed by atoms with Crippen LogP contribution < -0.4 is 11.1 Å². The van der Waals surface area contributed by atoms with E-state index in [2.05, 4.69) is 24.1 Å². The van der Waals surface area contributed by atoms with Crippen LogP contribution in [-0.2, 0) is 0 Å². The molecule has 0 saturated carbocycles. The molecule has 4 N–H and O–H groups in total. The van der Waals surface area contributed by atoms with Crippen molar-refractivity contribution >= 4 is 11.6 Å². The molecule has 17 heavy (non-hydrogen) atoms. The third-order valence-electron chi connectivity index (χ3n) is 2.57. The van der Waals surface area contributed by atoms with Gasteiger partial charge < -0.3 is 16.2 Å². The highest BCUT2D eigenvalue weighted by Gasteiger charge is 2.16. The maximum absolute atomic E-state index is 11.0. The van der Waals surface area contributed by atoms with Gasteiger partial charge in [0.1, 0.15) is 5.69 Å². The van der Waals surface area contributed by atoms with Gasteiger partial charge in [0.15, 0.2) is 0 Å². The van der Waals surface area contributed by atoms with Crippen molar-refractivity contribution in [2.75, 3.05) is 18.5 Å². The fraction of sp³-hybridized carbons (Fsp3) is 0.500. The number of carbonyl (C=O) groups is 1. The van der Waals surface area contributed by atoms with Gasteiger partial charge in [0.2, 0.25) is 0 Å². The van der Waals surface area contributed by atoms with E-state index < -0.39 is 5.91 Å². The highest BCUT2D eigenvalue weighted by atomic mass is 16.3. The molecule has 1 rings (SSSR count). The van der Waals surface area contributed by atoms with E-state index in [1.54, 1.807) is 18.3 Å². The largest absolute Gasteiger partial charge is 0.396 e. The van der Waals surface area contributed by atoms with Crippen molar-refractivity contribution in [3.8, 4) is 0 Å². The lowest BCUT2D eigenvalue weighted by Crippen LogP contribution is -2.24. The lowest BCUT2D eigenvalue weighted by Gasteiger charge is -2.24. The van der Waals surface area contributed by atoms with Gasteiger partial charge >= 0.3 is 0 Å². The summed E-state index contributed by atoms with van der Waals surface area (Å²) in [5.74, 6) is -0.539. The van der Waals surface area contributed by atoms with Crippen molar-refractivity contribution in [2.45, 2.75) is 20.3 Å². The van der Waals surface area contributed by atoms with E-state index in [0.717, 1.165) is 5.69 Å². The molecule has 0 aromatic carbocycles. The molecule has 0 aliphatic carbocycles. The predicted molar refractivity (Wildman–Crippen MR) is 66.7 cm³/mol. The molecule has 0 bridgehead atoms. The molecule has 0 fully saturated rings. The summed E-state index contributed by atoms with van der Waals surface area (Å²) in [5.41, 5.74) is 6.19. The van der Waals surface area contributed by atoms with Crippen molar-refractivity contribution in [3.63, 3.8) is 0 Å². The molecule has 0 saturated heterocycles. The lowest BCUT2D eigenvalue weighted by molar-refractivity contribution is 0.0995. The number of aromatic nitrogens is 1. The number of amides is 1. The maximum Gasteiger partial charge on any atom is 0.267 e. The molecular formula is C12H19N3O2. The Balaban J connectivity index is 2.63. The number of nitrogens with two attached hydrogens (primary N) is 1. The highest BCUT2D eigenvalue weighted by molar-refractivity contribution is 5.91. The van der Waals surface area contributed by atoms with Crippen LogP contribution in [0.25, 0.3) is 0 Å². The zero-order valence-corrected chi connectivity index (χ0v) is 10.2. The summed E-state index contributed by atoms with van der Waals surface area (Å²) in [6.07, 6.45) is 2.26. The summed E-state index contributed by atoms with van der Waals surface area (Å²) in [4.78, 5) is 14.8. The van der Waals surface area contributed by atoms with E-state index >= 15 is 0 Å². The number of nitrogens with one attached hydrogen (secondary N) is 1. The monoisotopic (exact) mass is 237 g/mol. The number of aliphatic hydroxyl groups is 1. The molecule has 1 heterocycles. The number of aliphatic hydroxyl groups excluding tert-OH is 1.